The first kappa shape index (κ1) is 20.2. The van der Waals surface area contributed by atoms with Gasteiger partial charge in [0, 0.05) is 25.1 Å². The van der Waals surface area contributed by atoms with Crippen molar-refractivity contribution < 1.29 is 13.9 Å². The number of rotatable bonds is 7. The molecule has 30 heavy (non-hydrogen) atoms. The van der Waals surface area contributed by atoms with Crippen LogP contribution >= 0.6 is 23.1 Å². The average Bonchev–Trinajstić information content (AvgIpc) is 3.48. The summed E-state index contributed by atoms with van der Waals surface area (Å²) in [5, 5.41) is 11.7. The van der Waals surface area contributed by atoms with Crippen molar-refractivity contribution in [3.8, 4) is 17.3 Å². The Morgan fingerprint density at radius 2 is 2.10 bits per heavy atom. The molecule has 1 aromatic carbocycles. The van der Waals surface area contributed by atoms with Crippen LogP contribution in [0.5, 0.6) is 5.75 Å². The van der Waals surface area contributed by atoms with E-state index in [-0.39, 0.29) is 5.91 Å². The van der Waals surface area contributed by atoms with Gasteiger partial charge in [-0.1, -0.05) is 23.9 Å². The lowest BCUT2D eigenvalue weighted by atomic mass is 10.2. The van der Waals surface area contributed by atoms with Crippen LogP contribution in [-0.4, -0.2) is 32.8 Å². The van der Waals surface area contributed by atoms with Crippen LogP contribution in [0.3, 0.4) is 0 Å². The Labute approximate surface area is 181 Å². The molecular formula is C20H19N5O3S2. The van der Waals surface area contributed by atoms with Crippen molar-refractivity contribution in [2.75, 3.05) is 12.0 Å². The van der Waals surface area contributed by atoms with E-state index in [1.807, 2.05) is 53.4 Å². The average molecular weight is 442 g/mol. The summed E-state index contributed by atoms with van der Waals surface area (Å²) >= 11 is 2.93. The van der Waals surface area contributed by atoms with Crippen molar-refractivity contribution in [1.29, 1.82) is 0 Å². The quantitative estimate of drug-likeness (QED) is 0.390. The minimum Gasteiger partial charge on any atom is -0.495 e. The summed E-state index contributed by atoms with van der Waals surface area (Å²) in [4.78, 5) is 18.6. The molecule has 0 saturated heterocycles. The predicted molar refractivity (Wildman–Crippen MR) is 116 cm³/mol. The molecule has 10 heteroatoms. The Morgan fingerprint density at radius 3 is 2.83 bits per heavy atom. The van der Waals surface area contributed by atoms with Crippen LogP contribution in [0.15, 0.2) is 57.6 Å². The van der Waals surface area contributed by atoms with Gasteiger partial charge in [-0.15, -0.1) is 21.5 Å². The monoisotopic (exact) mass is 441 g/mol. The molecule has 0 aliphatic heterocycles. The molecule has 0 radical (unpaired) electrons. The highest BCUT2D eigenvalue weighted by Crippen LogP contribution is 2.36. The summed E-state index contributed by atoms with van der Waals surface area (Å²) in [6.45, 7) is 1.51. The van der Waals surface area contributed by atoms with Crippen LogP contribution in [0, 0.1) is 0 Å². The molecule has 0 atom stereocenters. The Hall–Kier alpha value is -3.11. The zero-order valence-corrected chi connectivity index (χ0v) is 18.2. The molecule has 3 heterocycles. The third-order valence-electron chi connectivity index (χ3n) is 4.30. The number of nitrogens with zero attached hydrogens (tertiary/aromatic N) is 5. The van der Waals surface area contributed by atoms with Gasteiger partial charge in [0.2, 0.25) is 5.91 Å². The molecule has 8 nitrogen and oxygen atoms in total. The van der Waals surface area contributed by atoms with Gasteiger partial charge in [0.1, 0.15) is 5.75 Å². The van der Waals surface area contributed by atoms with Gasteiger partial charge in [-0.3, -0.25) is 9.69 Å². The number of para-hydroxylation sites is 2. The Balaban J connectivity index is 1.52. The van der Waals surface area contributed by atoms with Crippen molar-refractivity contribution in [3.05, 3.63) is 53.7 Å². The zero-order valence-electron chi connectivity index (χ0n) is 16.6. The topological polar surface area (TPSA) is 86.3 Å². The van der Waals surface area contributed by atoms with Gasteiger partial charge in [-0.05, 0) is 24.3 Å². The Bertz CT molecular complexity index is 1150. The van der Waals surface area contributed by atoms with Crippen LogP contribution in [0.25, 0.3) is 11.6 Å². The summed E-state index contributed by atoms with van der Waals surface area (Å²) in [6.07, 6.45) is 1.61. The largest absolute Gasteiger partial charge is 0.495 e. The molecule has 0 aliphatic rings. The first-order valence-corrected chi connectivity index (χ1v) is 10.9. The maximum absolute atomic E-state index is 12.4. The molecule has 0 aliphatic carbocycles. The van der Waals surface area contributed by atoms with Crippen LogP contribution in [0.1, 0.15) is 12.6 Å². The standard InChI is InChI=1S/C20H19N5O3S2/c1-13(26)25(15-7-4-5-8-16(15)27-3)19-21-14(11-29-19)12-30-20-23-22-18(24(20)2)17-9-6-10-28-17/h4-11H,12H2,1-3H3. The molecule has 0 unspecified atom stereocenters. The van der Waals surface area contributed by atoms with Crippen molar-refractivity contribution >= 4 is 39.8 Å². The number of furan rings is 1. The van der Waals surface area contributed by atoms with Crippen molar-refractivity contribution in [2.24, 2.45) is 7.05 Å². The molecule has 4 rings (SSSR count). The molecular weight excluding hydrogens is 422 g/mol. The number of thioether (sulfide) groups is 1. The number of aromatic nitrogens is 4. The number of benzene rings is 1. The van der Waals surface area contributed by atoms with E-state index in [0.29, 0.717) is 33.9 Å². The lowest BCUT2D eigenvalue weighted by Gasteiger charge is -2.20. The van der Waals surface area contributed by atoms with Gasteiger partial charge < -0.3 is 13.7 Å². The number of hydrogen-bond donors (Lipinski definition) is 0. The molecule has 0 bridgehead atoms. The Kier molecular flexibility index (Phi) is 5.86. The minimum atomic E-state index is -0.135. The van der Waals surface area contributed by atoms with Gasteiger partial charge in [0.15, 0.2) is 21.9 Å². The number of hydrogen-bond acceptors (Lipinski definition) is 8. The maximum Gasteiger partial charge on any atom is 0.230 e. The summed E-state index contributed by atoms with van der Waals surface area (Å²) in [5.41, 5.74) is 1.51. The number of carbonyl (C=O) groups excluding carboxylic acids is 1. The molecule has 0 spiro atoms. The number of carbonyl (C=O) groups is 1. The molecule has 4 aromatic rings. The highest BCUT2D eigenvalue weighted by Gasteiger charge is 2.21. The number of anilines is 2. The minimum absolute atomic E-state index is 0.135. The van der Waals surface area contributed by atoms with E-state index in [2.05, 4.69) is 15.2 Å². The van der Waals surface area contributed by atoms with Gasteiger partial charge in [0.25, 0.3) is 0 Å². The fraction of sp³-hybridized carbons (Fsp3) is 0.200. The van der Waals surface area contributed by atoms with Crippen molar-refractivity contribution in [1.82, 2.24) is 19.7 Å². The van der Waals surface area contributed by atoms with E-state index in [1.165, 1.54) is 30.0 Å². The third-order valence-corrected chi connectivity index (χ3v) is 6.23. The number of methoxy groups -OCH3 is 1. The van der Waals surface area contributed by atoms with E-state index >= 15 is 0 Å². The second-order valence-electron chi connectivity index (χ2n) is 6.28. The van der Waals surface area contributed by atoms with E-state index in [1.54, 1.807) is 18.3 Å². The van der Waals surface area contributed by atoms with Crippen molar-refractivity contribution in [3.63, 3.8) is 0 Å². The first-order chi connectivity index (χ1) is 14.6. The van der Waals surface area contributed by atoms with Crippen LogP contribution in [0.2, 0.25) is 0 Å². The molecule has 0 saturated carbocycles. The zero-order chi connectivity index (χ0) is 21.1. The SMILES string of the molecule is COc1ccccc1N(C(C)=O)c1nc(CSc2nnc(-c3ccco3)n2C)cs1. The fourth-order valence-corrected chi connectivity index (χ4v) is 4.68. The number of ether oxygens (including phenoxy) is 1. The number of thiazole rings is 1. The Morgan fingerprint density at radius 1 is 1.27 bits per heavy atom. The highest BCUT2D eigenvalue weighted by molar-refractivity contribution is 7.98. The normalized spacial score (nSPS) is 10.9. The summed E-state index contributed by atoms with van der Waals surface area (Å²) in [7, 11) is 3.48. The van der Waals surface area contributed by atoms with Crippen LogP contribution in [0.4, 0.5) is 10.8 Å². The smallest absolute Gasteiger partial charge is 0.230 e. The lowest BCUT2D eigenvalue weighted by Crippen LogP contribution is -2.23. The van der Waals surface area contributed by atoms with E-state index in [4.69, 9.17) is 9.15 Å². The summed E-state index contributed by atoms with van der Waals surface area (Å²) < 4.78 is 12.7. The highest BCUT2D eigenvalue weighted by atomic mass is 32.2. The molecule has 0 fully saturated rings. The third kappa shape index (κ3) is 3.96. The van der Waals surface area contributed by atoms with Crippen LogP contribution in [-0.2, 0) is 17.6 Å². The maximum atomic E-state index is 12.4. The second-order valence-corrected chi connectivity index (χ2v) is 8.06. The summed E-state index contributed by atoms with van der Waals surface area (Å²) in [6, 6.07) is 11.0. The van der Waals surface area contributed by atoms with Gasteiger partial charge >= 0.3 is 0 Å². The van der Waals surface area contributed by atoms with Crippen molar-refractivity contribution in [2.45, 2.75) is 17.8 Å². The molecule has 3 aromatic heterocycles. The second kappa shape index (κ2) is 8.72. The van der Waals surface area contributed by atoms with Gasteiger partial charge in [-0.2, -0.15) is 0 Å². The van der Waals surface area contributed by atoms with Crippen LogP contribution < -0.4 is 9.64 Å². The first-order valence-electron chi connectivity index (χ1n) is 9.02. The molecule has 1 amide bonds. The fourth-order valence-electron chi connectivity index (χ4n) is 2.89. The predicted octanol–water partition coefficient (Wildman–Crippen LogP) is 4.52. The lowest BCUT2D eigenvalue weighted by molar-refractivity contribution is -0.115. The molecule has 154 valence electrons. The van der Waals surface area contributed by atoms with Gasteiger partial charge in [0.05, 0.1) is 24.8 Å². The van der Waals surface area contributed by atoms with E-state index in [9.17, 15) is 4.79 Å². The summed E-state index contributed by atoms with van der Waals surface area (Å²) in [5.74, 6) is 2.41. The van der Waals surface area contributed by atoms with E-state index < -0.39 is 0 Å². The molecule has 0 N–H and O–H groups in total. The number of amides is 1. The van der Waals surface area contributed by atoms with Gasteiger partial charge in [-0.25, -0.2) is 4.98 Å². The van der Waals surface area contributed by atoms with E-state index in [0.717, 1.165) is 10.9 Å².